The lowest BCUT2D eigenvalue weighted by molar-refractivity contribution is 0.283. The van der Waals surface area contributed by atoms with Crippen molar-refractivity contribution in [2.75, 3.05) is 17.3 Å². The molecule has 2 aliphatic carbocycles. The average Bonchev–Trinajstić information content (AvgIpc) is 2.76. The van der Waals surface area contributed by atoms with Crippen LogP contribution in [0.25, 0.3) is 0 Å². The molecule has 0 aromatic rings. The van der Waals surface area contributed by atoms with Gasteiger partial charge in [0.25, 0.3) is 0 Å². The zero-order valence-electron chi connectivity index (χ0n) is 8.39. The van der Waals surface area contributed by atoms with Gasteiger partial charge in [0.05, 0.1) is 0 Å². The van der Waals surface area contributed by atoms with Crippen LogP contribution in [0.3, 0.4) is 0 Å². The molecule has 0 aromatic heterocycles. The quantitative estimate of drug-likeness (QED) is 0.534. The zero-order chi connectivity index (χ0) is 9.31. The number of alkyl halides is 1. The van der Waals surface area contributed by atoms with Gasteiger partial charge in [-0.25, -0.2) is 0 Å². The lowest BCUT2D eigenvalue weighted by Crippen LogP contribution is -2.20. The summed E-state index contributed by atoms with van der Waals surface area (Å²) < 4.78 is 0. The minimum atomic E-state index is 0.712. The number of hydrogen-bond donors (Lipinski definition) is 0. The van der Waals surface area contributed by atoms with Crippen LogP contribution < -0.4 is 0 Å². The SMILES string of the molecule is CSCCCC1(CBr)CC2CC2C1. The van der Waals surface area contributed by atoms with Crippen LogP contribution in [-0.4, -0.2) is 17.3 Å². The van der Waals surface area contributed by atoms with Crippen LogP contribution in [0, 0.1) is 17.3 Å². The number of halogens is 1. The molecule has 0 amide bonds. The fourth-order valence-corrected chi connectivity index (χ4v) is 4.15. The van der Waals surface area contributed by atoms with Crippen molar-refractivity contribution in [2.45, 2.75) is 32.1 Å². The van der Waals surface area contributed by atoms with E-state index >= 15 is 0 Å². The van der Waals surface area contributed by atoms with Crippen molar-refractivity contribution in [3.63, 3.8) is 0 Å². The molecule has 13 heavy (non-hydrogen) atoms. The van der Waals surface area contributed by atoms with Crippen molar-refractivity contribution >= 4 is 27.7 Å². The minimum Gasteiger partial charge on any atom is -0.165 e. The molecule has 2 heteroatoms. The maximum atomic E-state index is 3.73. The predicted molar refractivity (Wildman–Crippen MR) is 64.7 cm³/mol. The molecule has 2 rings (SSSR count). The van der Waals surface area contributed by atoms with Gasteiger partial charge in [-0.15, -0.1) is 0 Å². The second-order valence-corrected chi connectivity index (χ2v) is 6.44. The van der Waals surface area contributed by atoms with Crippen LogP contribution in [0.4, 0.5) is 0 Å². The van der Waals surface area contributed by atoms with E-state index in [4.69, 9.17) is 0 Å². The molecule has 2 saturated carbocycles. The van der Waals surface area contributed by atoms with Gasteiger partial charge in [0, 0.05) is 5.33 Å². The van der Waals surface area contributed by atoms with E-state index in [2.05, 4.69) is 22.2 Å². The van der Waals surface area contributed by atoms with Crippen LogP contribution in [0.2, 0.25) is 0 Å². The van der Waals surface area contributed by atoms with Gasteiger partial charge in [-0.1, -0.05) is 15.9 Å². The van der Waals surface area contributed by atoms with Gasteiger partial charge in [-0.2, -0.15) is 11.8 Å². The topological polar surface area (TPSA) is 0 Å². The van der Waals surface area contributed by atoms with Crippen LogP contribution in [-0.2, 0) is 0 Å². The van der Waals surface area contributed by atoms with Crippen LogP contribution in [0.15, 0.2) is 0 Å². The maximum Gasteiger partial charge on any atom is 0.00881 e. The largest absolute Gasteiger partial charge is 0.165 e. The van der Waals surface area contributed by atoms with Gasteiger partial charge >= 0.3 is 0 Å². The first-order chi connectivity index (χ1) is 6.29. The van der Waals surface area contributed by atoms with Gasteiger partial charge < -0.3 is 0 Å². The number of rotatable bonds is 5. The third-order valence-electron chi connectivity index (χ3n) is 3.80. The number of fused-ring (bicyclic) bond motifs is 1. The summed E-state index contributed by atoms with van der Waals surface area (Å²) in [4.78, 5) is 0. The Hall–Kier alpha value is 0.830. The summed E-state index contributed by atoms with van der Waals surface area (Å²) in [7, 11) is 0. The Kier molecular flexibility index (Phi) is 3.30. The smallest absolute Gasteiger partial charge is 0.00881 e. The first kappa shape index (κ1) is 10.4. The van der Waals surface area contributed by atoms with Crippen molar-refractivity contribution < 1.29 is 0 Å². The fourth-order valence-electron chi connectivity index (χ4n) is 2.98. The first-order valence-electron chi connectivity index (χ1n) is 5.34. The van der Waals surface area contributed by atoms with E-state index in [0.717, 1.165) is 11.8 Å². The molecule has 76 valence electrons. The molecule has 0 radical (unpaired) electrons. The normalized spacial score (nSPS) is 42.0. The fraction of sp³-hybridized carbons (Fsp3) is 1.00. The van der Waals surface area contributed by atoms with E-state index in [9.17, 15) is 0 Å². The summed E-state index contributed by atoms with van der Waals surface area (Å²) in [6, 6.07) is 0. The third kappa shape index (κ3) is 2.26. The predicted octanol–water partition coefficient (Wildman–Crippen LogP) is 3.94. The Bertz CT molecular complexity index is 171. The van der Waals surface area contributed by atoms with Crippen LogP contribution in [0.1, 0.15) is 32.1 Å². The first-order valence-corrected chi connectivity index (χ1v) is 7.86. The molecule has 2 fully saturated rings. The lowest BCUT2D eigenvalue weighted by atomic mass is 9.81. The highest BCUT2D eigenvalue weighted by Crippen LogP contribution is 2.61. The second kappa shape index (κ2) is 4.14. The highest BCUT2D eigenvalue weighted by Gasteiger charge is 2.52. The van der Waals surface area contributed by atoms with E-state index < -0.39 is 0 Å². The molecule has 0 spiro atoms. The lowest BCUT2D eigenvalue weighted by Gasteiger charge is -2.28. The molecule has 0 heterocycles. The molecule has 0 aliphatic heterocycles. The van der Waals surface area contributed by atoms with Gasteiger partial charge in [-0.05, 0) is 61.4 Å². The van der Waals surface area contributed by atoms with E-state index in [1.165, 1.54) is 36.8 Å². The molecular formula is C11H19BrS. The Labute approximate surface area is 94.4 Å². The summed E-state index contributed by atoms with van der Waals surface area (Å²) in [5.74, 6) is 3.61. The molecule has 0 nitrogen and oxygen atoms in total. The molecule has 2 atom stereocenters. The number of thioether (sulfide) groups is 1. The van der Waals surface area contributed by atoms with Crippen LogP contribution >= 0.6 is 27.7 Å². The Balaban J connectivity index is 1.78. The van der Waals surface area contributed by atoms with Gasteiger partial charge in [0.1, 0.15) is 0 Å². The highest BCUT2D eigenvalue weighted by molar-refractivity contribution is 9.09. The van der Waals surface area contributed by atoms with Crippen molar-refractivity contribution in [1.29, 1.82) is 0 Å². The van der Waals surface area contributed by atoms with E-state index in [-0.39, 0.29) is 0 Å². The van der Waals surface area contributed by atoms with Gasteiger partial charge in [-0.3, -0.25) is 0 Å². The molecule has 2 unspecified atom stereocenters. The van der Waals surface area contributed by atoms with E-state index in [1.54, 1.807) is 6.42 Å². The van der Waals surface area contributed by atoms with Crippen LogP contribution in [0.5, 0.6) is 0 Å². The third-order valence-corrected chi connectivity index (χ3v) is 5.68. The molecule has 0 bridgehead atoms. The summed E-state index contributed by atoms with van der Waals surface area (Å²) in [6.07, 6.45) is 9.71. The summed E-state index contributed by atoms with van der Waals surface area (Å²) in [6.45, 7) is 0. The maximum absolute atomic E-state index is 3.73. The van der Waals surface area contributed by atoms with Gasteiger partial charge in [0.15, 0.2) is 0 Å². The molecule has 0 aromatic carbocycles. The number of hydrogen-bond acceptors (Lipinski definition) is 1. The molecule has 2 aliphatic rings. The Morgan fingerprint density at radius 3 is 2.62 bits per heavy atom. The summed E-state index contributed by atoms with van der Waals surface area (Å²) >= 11 is 5.72. The second-order valence-electron chi connectivity index (χ2n) is 4.89. The zero-order valence-corrected chi connectivity index (χ0v) is 10.8. The van der Waals surface area contributed by atoms with Crippen molar-refractivity contribution in [2.24, 2.45) is 17.3 Å². The van der Waals surface area contributed by atoms with Crippen molar-refractivity contribution in [3.8, 4) is 0 Å². The average molecular weight is 263 g/mol. The van der Waals surface area contributed by atoms with Crippen molar-refractivity contribution in [3.05, 3.63) is 0 Å². The molecule has 0 N–H and O–H groups in total. The highest BCUT2D eigenvalue weighted by atomic mass is 79.9. The molecular weight excluding hydrogens is 244 g/mol. The summed E-state index contributed by atoms with van der Waals surface area (Å²) in [5.41, 5.74) is 0.712. The molecule has 0 saturated heterocycles. The Morgan fingerprint density at radius 2 is 2.08 bits per heavy atom. The van der Waals surface area contributed by atoms with E-state index in [1.807, 2.05) is 11.8 Å². The Morgan fingerprint density at radius 1 is 1.38 bits per heavy atom. The standard InChI is InChI=1S/C11H19BrS/c1-13-4-2-3-11(8-12)6-9-5-10(9)7-11/h9-10H,2-8H2,1H3. The van der Waals surface area contributed by atoms with Crippen molar-refractivity contribution in [1.82, 2.24) is 0 Å². The van der Waals surface area contributed by atoms with E-state index in [0.29, 0.717) is 5.41 Å². The summed E-state index contributed by atoms with van der Waals surface area (Å²) in [5, 5.41) is 1.25. The minimum absolute atomic E-state index is 0.712. The monoisotopic (exact) mass is 262 g/mol. The van der Waals surface area contributed by atoms with Gasteiger partial charge in [0.2, 0.25) is 0 Å².